The third-order valence-electron chi connectivity index (χ3n) is 4.05. The molecule has 0 saturated carbocycles. The topological polar surface area (TPSA) is 70.2 Å². The minimum atomic E-state index is -0.396. The van der Waals surface area contributed by atoms with Gasteiger partial charge in [-0.05, 0) is 55.3 Å². The highest BCUT2D eigenvalue weighted by Gasteiger charge is 2.30. The fraction of sp³-hybridized carbons (Fsp3) is 0.222. The van der Waals surface area contributed by atoms with Crippen LogP contribution < -0.4 is 16.2 Å². The molecule has 3 N–H and O–H groups in total. The van der Waals surface area contributed by atoms with Gasteiger partial charge in [-0.2, -0.15) is 0 Å². The van der Waals surface area contributed by atoms with E-state index in [1.54, 1.807) is 36.4 Å². The molecule has 0 aliphatic carbocycles. The summed E-state index contributed by atoms with van der Waals surface area (Å²) in [5, 5.41) is 2.82. The quantitative estimate of drug-likeness (QED) is 0.755. The number of hydrogen-bond acceptors (Lipinski definition) is 4. The van der Waals surface area contributed by atoms with E-state index in [2.05, 4.69) is 16.2 Å². The lowest BCUT2D eigenvalue weighted by molar-refractivity contribution is -0.117. The summed E-state index contributed by atoms with van der Waals surface area (Å²) in [5.41, 5.74) is 8.17. The highest BCUT2D eigenvalue weighted by Crippen LogP contribution is 2.23. The Bertz CT molecular complexity index is 744. The summed E-state index contributed by atoms with van der Waals surface area (Å²) >= 11 is 0. The third-order valence-corrected chi connectivity index (χ3v) is 4.05. The van der Waals surface area contributed by atoms with E-state index in [0.29, 0.717) is 17.7 Å². The van der Waals surface area contributed by atoms with Crippen molar-refractivity contribution in [2.45, 2.75) is 25.4 Å². The lowest BCUT2D eigenvalue weighted by Crippen LogP contribution is -2.39. The first-order chi connectivity index (χ1) is 11.5. The number of anilines is 1. The molecule has 2 atom stereocenters. The molecule has 1 heterocycles. The first-order valence-electron chi connectivity index (χ1n) is 7.71. The van der Waals surface area contributed by atoms with Crippen LogP contribution in [0.3, 0.4) is 0 Å². The predicted molar refractivity (Wildman–Crippen MR) is 88.9 cm³/mol. The Hall–Kier alpha value is -2.57. The van der Waals surface area contributed by atoms with Crippen molar-refractivity contribution < 1.29 is 14.0 Å². The molecule has 1 fully saturated rings. The average Bonchev–Trinajstić information content (AvgIpc) is 3.06. The average molecular weight is 327 g/mol. The molecule has 1 amide bonds. The molecule has 0 bridgehead atoms. The third kappa shape index (κ3) is 3.67. The summed E-state index contributed by atoms with van der Waals surface area (Å²) in [5.74, 6) is -0.465. The van der Waals surface area contributed by atoms with Crippen LogP contribution in [0.4, 0.5) is 10.1 Å². The normalized spacial score (nSPS) is 19.9. The van der Waals surface area contributed by atoms with Crippen LogP contribution >= 0.6 is 0 Å². The maximum atomic E-state index is 13.0. The molecule has 0 spiro atoms. The van der Waals surface area contributed by atoms with E-state index in [9.17, 15) is 14.0 Å². The molecular formula is C18H18FN3O2. The van der Waals surface area contributed by atoms with Gasteiger partial charge in [0.05, 0.1) is 0 Å². The van der Waals surface area contributed by atoms with Crippen molar-refractivity contribution in [1.29, 1.82) is 0 Å². The minimum Gasteiger partial charge on any atom is -0.325 e. The van der Waals surface area contributed by atoms with E-state index in [4.69, 9.17) is 0 Å². The SMILES string of the molecule is CC(=O)c1ccc(NC(=O)C2CC(c3ccc(F)cc3)NN2)cc1. The predicted octanol–water partition coefficient (Wildman–Crippen LogP) is 2.57. The number of carbonyl (C=O) groups excluding carboxylic acids is 2. The van der Waals surface area contributed by atoms with Crippen LogP contribution in [-0.4, -0.2) is 17.7 Å². The summed E-state index contributed by atoms with van der Waals surface area (Å²) < 4.78 is 13.0. The standard InChI is InChI=1S/C18H18FN3O2/c1-11(23)12-4-8-15(9-5-12)20-18(24)17-10-16(21-22-17)13-2-6-14(19)7-3-13/h2-9,16-17,21-22H,10H2,1H3,(H,20,24). The fourth-order valence-corrected chi connectivity index (χ4v) is 2.66. The molecule has 1 aliphatic rings. The van der Waals surface area contributed by atoms with Gasteiger partial charge in [0.15, 0.2) is 5.78 Å². The van der Waals surface area contributed by atoms with E-state index < -0.39 is 6.04 Å². The maximum Gasteiger partial charge on any atom is 0.242 e. The number of rotatable bonds is 4. The molecule has 24 heavy (non-hydrogen) atoms. The number of hydrogen-bond donors (Lipinski definition) is 3. The Morgan fingerprint density at radius 1 is 1.04 bits per heavy atom. The van der Waals surface area contributed by atoms with Gasteiger partial charge in [-0.15, -0.1) is 0 Å². The van der Waals surface area contributed by atoms with Crippen LogP contribution in [0.2, 0.25) is 0 Å². The van der Waals surface area contributed by atoms with Crippen molar-refractivity contribution in [1.82, 2.24) is 10.9 Å². The zero-order valence-electron chi connectivity index (χ0n) is 13.2. The van der Waals surface area contributed by atoms with Crippen molar-refractivity contribution in [3.05, 3.63) is 65.5 Å². The number of ketones is 1. The number of carbonyl (C=O) groups is 2. The second-order valence-electron chi connectivity index (χ2n) is 5.80. The Morgan fingerprint density at radius 3 is 2.33 bits per heavy atom. The van der Waals surface area contributed by atoms with Gasteiger partial charge >= 0.3 is 0 Å². The second-order valence-corrected chi connectivity index (χ2v) is 5.80. The van der Waals surface area contributed by atoms with Gasteiger partial charge in [-0.25, -0.2) is 15.2 Å². The molecule has 5 nitrogen and oxygen atoms in total. The highest BCUT2D eigenvalue weighted by molar-refractivity contribution is 5.97. The van der Waals surface area contributed by atoms with E-state index in [1.165, 1.54) is 19.1 Å². The van der Waals surface area contributed by atoms with E-state index in [0.717, 1.165) is 5.56 Å². The Kier molecular flexibility index (Phi) is 4.69. The number of Topliss-reactive ketones (excluding diaryl/α,β-unsaturated/α-hetero) is 1. The van der Waals surface area contributed by atoms with E-state index in [1.807, 2.05) is 0 Å². The minimum absolute atomic E-state index is 0.0170. The van der Waals surface area contributed by atoms with E-state index in [-0.39, 0.29) is 23.5 Å². The molecule has 2 aromatic rings. The van der Waals surface area contributed by atoms with Crippen LogP contribution in [0.1, 0.15) is 35.3 Å². The second kappa shape index (κ2) is 6.90. The Morgan fingerprint density at radius 2 is 1.71 bits per heavy atom. The van der Waals surface area contributed by atoms with Gasteiger partial charge in [0, 0.05) is 17.3 Å². The monoisotopic (exact) mass is 327 g/mol. The summed E-state index contributed by atoms with van der Waals surface area (Å²) in [7, 11) is 0. The first-order valence-corrected chi connectivity index (χ1v) is 7.71. The Balaban J connectivity index is 1.60. The molecule has 6 heteroatoms. The van der Waals surface area contributed by atoms with Gasteiger partial charge < -0.3 is 5.32 Å². The smallest absolute Gasteiger partial charge is 0.242 e. The molecule has 1 saturated heterocycles. The van der Waals surface area contributed by atoms with Crippen LogP contribution in [-0.2, 0) is 4.79 Å². The molecule has 2 aromatic carbocycles. The fourth-order valence-electron chi connectivity index (χ4n) is 2.66. The summed E-state index contributed by atoms with van der Waals surface area (Å²) in [6, 6.07) is 12.5. The Labute approximate surface area is 139 Å². The van der Waals surface area contributed by atoms with Gasteiger partial charge in [-0.1, -0.05) is 12.1 Å². The largest absolute Gasteiger partial charge is 0.325 e. The van der Waals surface area contributed by atoms with Crippen molar-refractivity contribution >= 4 is 17.4 Å². The van der Waals surface area contributed by atoms with Crippen molar-refractivity contribution in [2.75, 3.05) is 5.32 Å². The first kappa shape index (κ1) is 16.3. The molecule has 1 aliphatic heterocycles. The molecule has 124 valence electrons. The summed E-state index contributed by atoms with van der Waals surface area (Å²) in [4.78, 5) is 23.6. The van der Waals surface area contributed by atoms with Crippen LogP contribution in [0.15, 0.2) is 48.5 Å². The van der Waals surface area contributed by atoms with Crippen molar-refractivity contribution in [2.24, 2.45) is 0 Å². The number of amides is 1. The van der Waals surface area contributed by atoms with E-state index >= 15 is 0 Å². The lowest BCUT2D eigenvalue weighted by Gasteiger charge is -2.11. The zero-order chi connectivity index (χ0) is 17.1. The molecule has 3 rings (SSSR count). The van der Waals surface area contributed by atoms with Gasteiger partial charge in [-0.3, -0.25) is 9.59 Å². The van der Waals surface area contributed by atoms with Gasteiger partial charge in [0.2, 0.25) is 5.91 Å². The highest BCUT2D eigenvalue weighted by atomic mass is 19.1. The molecular weight excluding hydrogens is 309 g/mol. The van der Waals surface area contributed by atoms with Crippen molar-refractivity contribution in [3.8, 4) is 0 Å². The molecule has 0 radical (unpaired) electrons. The van der Waals surface area contributed by atoms with Crippen LogP contribution in [0.25, 0.3) is 0 Å². The number of hydrazine groups is 1. The number of halogens is 1. The molecule has 2 unspecified atom stereocenters. The maximum absolute atomic E-state index is 13.0. The zero-order valence-corrected chi connectivity index (χ0v) is 13.2. The number of benzene rings is 2. The number of nitrogens with one attached hydrogen (secondary N) is 3. The van der Waals surface area contributed by atoms with Gasteiger partial charge in [0.1, 0.15) is 11.9 Å². The van der Waals surface area contributed by atoms with Crippen LogP contribution in [0, 0.1) is 5.82 Å². The molecule has 0 aromatic heterocycles. The van der Waals surface area contributed by atoms with Crippen LogP contribution in [0.5, 0.6) is 0 Å². The van der Waals surface area contributed by atoms with Gasteiger partial charge in [0.25, 0.3) is 0 Å². The summed E-state index contributed by atoms with van der Waals surface area (Å²) in [6.45, 7) is 1.50. The lowest BCUT2D eigenvalue weighted by atomic mass is 10.0. The van der Waals surface area contributed by atoms with Crippen molar-refractivity contribution in [3.63, 3.8) is 0 Å². The summed E-state index contributed by atoms with van der Waals surface area (Å²) in [6.07, 6.45) is 0.559.